The summed E-state index contributed by atoms with van der Waals surface area (Å²) in [5.74, 6) is 6.59. The van der Waals surface area contributed by atoms with Crippen LogP contribution in [0.15, 0.2) is 92.6 Å². The van der Waals surface area contributed by atoms with Crippen LogP contribution in [0.1, 0.15) is 37.8 Å². The first-order chi connectivity index (χ1) is 18.7. The SMILES string of the molecule is C=C/C(=C\C=C/C)CN1C(c2cccc(CN3CCOCC3)c2)=NC2=C(N=NN)N=C(OCCCC)NC21. The van der Waals surface area contributed by atoms with E-state index < -0.39 is 0 Å². The molecule has 0 amide bonds. The van der Waals surface area contributed by atoms with Gasteiger partial charge in [0, 0.05) is 31.7 Å². The summed E-state index contributed by atoms with van der Waals surface area (Å²) in [7, 11) is 0. The first kappa shape index (κ1) is 27.3. The van der Waals surface area contributed by atoms with Gasteiger partial charge in [0.15, 0.2) is 6.17 Å². The van der Waals surface area contributed by atoms with Crippen molar-refractivity contribution in [1.29, 1.82) is 0 Å². The number of morpholine rings is 1. The Labute approximate surface area is 225 Å². The lowest BCUT2D eigenvalue weighted by molar-refractivity contribution is 0.0342. The maximum atomic E-state index is 5.92. The Morgan fingerprint density at radius 1 is 1.32 bits per heavy atom. The molecule has 3 aliphatic rings. The lowest BCUT2D eigenvalue weighted by Gasteiger charge is -2.32. The fraction of sp³-hybridized carbons (Fsp3) is 0.429. The number of nitrogens with zero attached hydrogens (tertiary/aromatic N) is 6. The number of allylic oxidation sites excluding steroid dienone is 3. The molecule has 0 radical (unpaired) electrons. The van der Waals surface area contributed by atoms with Crippen LogP contribution in [0, 0.1) is 0 Å². The number of hydrogen-bond donors (Lipinski definition) is 2. The van der Waals surface area contributed by atoms with Crippen molar-refractivity contribution in [3.8, 4) is 0 Å². The number of fused-ring (bicyclic) bond motifs is 1. The molecule has 10 nitrogen and oxygen atoms in total. The van der Waals surface area contributed by atoms with Gasteiger partial charge in [-0.25, -0.2) is 4.99 Å². The quantitative estimate of drug-likeness (QED) is 0.151. The van der Waals surface area contributed by atoms with Crippen LogP contribution in [-0.2, 0) is 16.0 Å². The molecule has 1 atom stereocenters. The maximum Gasteiger partial charge on any atom is 0.293 e. The molecule has 10 heteroatoms. The average Bonchev–Trinajstić information content (AvgIpc) is 3.30. The van der Waals surface area contributed by atoms with E-state index >= 15 is 0 Å². The van der Waals surface area contributed by atoms with Crippen molar-refractivity contribution in [2.45, 2.75) is 39.4 Å². The molecule has 202 valence electrons. The van der Waals surface area contributed by atoms with E-state index in [1.807, 2.05) is 25.2 Å². The molecule has 1 saturated heterocycles. The fourth-order valence-corrected chi connectivity index (χ4v) is 4.47. The van der Waals surface area contributed by atoms with Crippen LogP contribution >= 0.6 is 0 Å². The first-order valence-electron chi connectivity index (χ1n) is 13.2. The van der Waals surface area contributed by atoms with Gasteiger partial charge in [-0.3, -0.25) is 4.90 Å². The summed E-state index contributed by atoms with van der Waals surface area (Å²) in [6.45, 7) is 13.5. The molecule has 3 heterocycles. The normalized spacial score (nSPS) is 20.5. The number of nitrogens with one attached hydrogen (secondary N) is 1. The molecule has 1 aromatic carbocycles. The van der Waals surface area contributed by atoms with Crippen LogP contribution < -0.4 is 11.2 Å². The van der Waals surface area contributed by atoms with Gasteiger partial charge in [0.25, 0.3) is 6.02 Å². The summed E-state index contributed by atoms with van der Waals surface area (Å²) < 4.78 is 11.4. The molecule has 0 spiro atoms. The summed E-state index contributed by atoms with van der Waals surface area (Å²) in [6.07, 6.45) is 9.51. The van der Waals surface area contributed by atoms with E-state index in [0.717, 1.165) is 62.7 Å². The van der Waals surface area contributed by atoms with Crippen LogP contribution in [-0.4, -0.2) is 67.3 Å². The largest absolute Gasteiger partial charge is 0.465 e. The van der Waals surface area contributed by atoms with Crippen molar-refractivity contribution in [3.63, 3.8) is 0 Å². The first-order valence-corrected chi connectivity index (χ1v) is 13.2. The zero-order valence-corrected chi connectivity index (χ0v) is 22.3. The van der Waals surface area contributed by atoms with Crippen LogP contribution in [0.5, 0.6) is 0 Å². The monoisotopic (exact) mass is 518 g/mol. The third-order valence-electron chi connectivity index (χ3n) is 6.47. The van der Waals surface area contributed by atoms with Crippen molar-refractivity contribution in [2.24, 2.45) is 26.2 Å². The van der Waals surface area contributed by atoms with Gasteiger partial charge >= 0.3 is 0 Å². The van der Waals surface area contributed by atoms with E-state index in [0.29, 0.717) is 30.7 Å². The highest BCUT2D eigenvalue weighted by Gasteiger charge is 2.39. The van der Waals surface area contributed by atoms with Gasteiger partial charge in [0.05, 0.1) is 19.8 Å². The Morgan fingerprint density at radius 2 is 2.16 bits per heavy atom. The van der Waals surface area contributed by atoms with Crippen LogP contribution in [0.4, 0.5) is 0 Å². The van der Waals surface area contributed by atoms with E-state index in [-0.39, 0.29) is 6.17 Å². The number of benzene rings is 1. The Hall–Kier alpha value is -3.76. The minimum atomic E-state index is -0.350. The van der Waals surface area contributed by atoms with Crippen molar-refractivity contribution in [1.82, 2.24) is 15.1 Å². The van der Waals surface area contributed by atoms with Crippen molar-refractivity contribution in [2.75, 3.05) is 39.5 Å². The Morgan fingerprint density at radius 3 is 2.89 bits per heavy atom. The van der Waals surface area contributed by atoms with Crippen molar-refractivity contribution >= 4 is 11.9 Å². The summed E-state index contributed by atoms with van der Waals surface area (Å²) in [4.78, 5) is 14.1. The predicted octanol–water partition coefficient (Wildman–Crippen LogP) is 3.87. The number of ether oxygens (including phenoxy) is 2. The predicted molar refractivity (Wildman–Crippen MR) is 150 cm³/mol. The van der Waals surface area contributed by atoms with E-state index in [9.17, 15) is 0 Å². The van der Waals surface area contributed by atoms with Crippen LogP contribution in [0.3, 0.4) is 0 Å². The maximum absolute atomic E-state index is 5.92. The number of nitrogens with two attached hydrogens (primary N) is 1. The Kier molecular flexibility index (Phi) is 9.83. The minimum Gasteiger partial charge on any atom is -0.465 e. The molecule has 1 aromatic rings. The van der Waals surface area contributed by atoms with E-state index in [2.05, 4.69) is 74.3 Å². The van der Waals surface area contributed by atoms with Gasteiger partial charge in [0.2, 0.25) is 5.82 Å². The molecular weight excluding hydrogens is 480 g/mol. The summed E-state index contributed by atoms with van der Waals surface area (Å²) in [5, 5.41) is 11.0. The van der Waals surface area contributed by atoms with Crippen molar-refractivity contribution < 1.29 is 9.47 Å². The zero-order chi connectivity index (χ0) is 26.7. The smallest absolute Gasteiger partial charge is 0.293 e. The minimum absolute atomic E-state index is 0.338. The van der Waals surface area contributed by atoms with Crippen LogP contribution in [0.2, 0.25) is 0 Å². The van der Waals surface area contributed by atoms with E-state index in [1.54, 1.807) is 0 Å². The molecule has 1 fully saturated rings. The van der Waals surface area contributed by atoms with Crippen molar-refractivity contribution in [3.05, 3.63) is 83.4 Å². The zero-order valence-electron chi connectivity index (χ0n) is 22.3. The molecule has 0 aliphatic carbocycles. The van der Waals surface area contributed by atoms with Gasteiger partial charge < -0.3 is 25.5 Å². The lowest BCUT2D eigenvalue weighted by atomic mass is 10.1. The van der Waals surface area contributed by atoms with Gasteiger partial charge in [-0.1, -0.05) is 67.6 Å². The summed E-state index contributed by atoms with van der Waals surface area (Å²) in [6, 6.07) is 8.90. The highest BCUT2D eigenvalue weighted by atomic mass is 16.5. The standard InChI is InChI=1S/C28H38N8O2/c1-4-7-10-21(6-3)20-36-26(23-12-9-11-22(18-23)19-35-13-16-37-17-14-35)30-24-25(33-34-29)31-28(32-27(24)36)38-15-8-5-2/h4,6-7,9-12,18,27H,3,5,8,13-17,19-20H2,1-2H3,(H2,29,33)(H,31,32)/b7-4-,21-10+. The molecule has 1 unspecified atom stereocenters. The molecule has 3 N–H and O–H groups in total. The topological polar surface area (TPSA) is 112 Å². The van der Waals surface area contributed by atoms with Gasteiger partial charge in [-0.05, 0) is 30.5 Å². The number of amidine groups is 2. The lowest BCUT2D eigenvalue weighted by Crippen LogP contribution is -2.51. The summed E-state index contributed by atoms with van der Waals surface area (Å²) >= 11 is 0. The third-order valence-corrected chi connectivity index (χ3v) is 6.47. The number of unbranched alkanes of at least 4 members (excludes halogenated alkanes) is 1. The number of aliphatic imine (C=N–C) groups is 2. The average molecular weight is 519 g/mol. The molecule has 0 bridgehead atoms. The van der Waals surface area contributed by atoms with E-state index in [4.69, 9.17) is 20.3 Å². The second-order valence-corrected chi connectivity index (χ2v) is 9.21. The van der Waals surface area contributed by atoms with E-state index in [1.165, 1.54) is 5.56 Å². The second kappa shape index (κ2) is 13.7. The molecule has 3 aliphatic heterocycles. The van der Waals surface area contributed by atoms with Gasteiger partial charge in [-0.2, -0.15) is 4.99 Å². The fourth-order valence-electron chi connectivity index (χ4n) is 4.47. The highest BCUT2D eigenvalue weighted by Crippen LogP contribution is 2.31. The molecular formula is C28H38N8O2. The van der Waals surface area contributed by atoms with Crippen LogP contribution in [0.25, 0.3) is 0 Å². The Balaban J connectivity index is 1.71. The number of hydrogen-bond acceptors (Lipinski definition) is 9. The molecule has 0 saturated carbocycles. The third kappa shape index (κ3) is 6.76. The van der Waals surface area contributed by atoms with Gasteiger partial charge in [0.1, 0.15) is 11.5 Å². The number of rotatable bonds is 11. The van der Waals surface area contributed by atoms with Gasteiger partial charge in [-0.15, -0.1) is 5.11 Å². The molecule has 0 aromatic heterocycles. The second-order valence-electron chi connectivity index (χ2n) is 9.21. The molecule has 38 heavy (non-hydrogen) atoms. The molecule has 4 rings (SSSR count). The summed E-state index contributed by atoms with van der Waals surface area (Å²) in [5.41, 5.74) is 3.91. The highest BCUT2D eigenvalue weighted by molar-refractivity contribution is 6.02. The Bertz CT molecular complexity index is 1160.